The number of hydrogen-bond donors (Lipinski definition) is 0. The molecule has 1 aliphatic heterocycles. The Kier molecular flexibility index (Phi) is 3.10. The second-order valence-electron chi connectivity index (χ2n) is 5.31. The van der Waals surface area contributed by atoms with E-state index < -0.39 is 0 Å². The minimum Gasteiger partial charge on any atom is -0.481 e. The average molecular weight is 297 g/mol. The number of nitrogens with zero attached hydrogens (tertiary/aromatic N) is 5. The molecule has 3 aromatic heterocycles. The summed E-state index contributed by atoms with van der Waals surface area (Å²) in [6, 6.07) is 3.65. The summed E-state index contributed by atoms with van der Waals surface area (Å²) in [5, 5.41) is 4.07. The Bertz CT molecular complexity index is 777. The van der Waals surface area contributed by atoms with Crippen LogP contribution in [-0.4, -0.2) is 31.8 Å². The van der Waals surface area contributed by atoms with Crippen molar-refractivity contribution in [2.45, 2.75) is 25.3 Å². The zero-order valence-electron chi connectivity index (χ0n) is 12.1. The SMILES string of the molecule is COc1ccc(-c2noc(C3CCn4cncc4C3)n2)cn1. The standard InChI is InChI=1S/C15H15N5O2/c1-21-13-3-2-11(7-17-13)14-18-15(22-19-14)10-4-5-20-9-16-8-12(20)6-10/h2-3,7-10H,4-6H2,1H3. The van der Waals surface area contributed by atoms with E-state index in [1.165, 1.54) is 5.69 Å². The first kappa shape index (κ1) is 13.0. The molecular weight excluding hydrogens is 282 g/mol. The van der Waals surface area contributed by atoms with Gasteiger partial charge in [0.05, 0.1) is 13.4 Å². The van der Waals surface area contributed by atoms with Crippen LogP contribution in [0.2, 0.25) is 0 Å². The van der Waals surface area contributed by atoms with Crippen molar-refractivity contribution in [3.63, 3.8) is 0 Å². The first-order chi connectivity index (χ1) is 10.8. The van der Waals surface area contributed by atoms with E-state index in [-0.39, 0.29) is 5.92 Å². The number of imidazole rings is 1. The molecule has 0 aromatic carbocycles. The van der Waals surface area contributed by atoms with Crippen molar-refractivity contribution < 1.29 is 9.26 Å². The molecule has 7 nitrogen and oxygen atoms in total. The van der Waals surface area contributed by atoms with Gasteiger partial charge < -0.3 is 13.8 Å². The molecule has 0 N–H and O–H groups in total. The van der Waals surface area contributed by atoms with Crippen LogP contribution in [0.1, 0.15) is 23.9 Å². The van der Waals surface area contributed by atoms with Crippen LogP contribution >= 0.6 is 0 Å². The van der Waals surface area contributed by atoms with E-state index in [9.17, 15) is 0 Å². The highest BCUT2D eigenvalue weighted by Gasteiger charge is 2.25. The molecule has 4 heterocycles. The Labute approximate surface area is 127 Å². The molecule has 0 fully saturated rings. The van der Waals surface area contributed by atoms with E-state index >= 15 is 0 Å². The van der Waals surface area contributed by atoms with Crippen molar-refractivity contribution >= 4 is 0 Å². The van der Waals surface area contributed by atoms with Crippen molar-refractivity contribution in [3.05, 3.63) is 42.4 Å². The molecule has 0 radical (unpaired) electrons. The number of pyridine rings is 1. The number of aryl methyl sites for hydroxylation is 1. The third kappa shape index (κ3) is 2.24. The summed E-state index contributed by atoms with van der Waals surface area (Å²) in [5.74, 6) is 2.05. The van der Waals surface area contributed by atoms with Crippen LogP contribution in [0.3, 0.4) is 0 Å². The van der Waals surface area contributed by atoms with Gasteiger partial charge in [0.2, 0.25) is 17.6 Å². The van der Waals surface area contributed by atoms with Crippen molar-refractivity contribution in [1.29, 1.82) is 0 Å². The molecule has 0 saturated heterocycles. The van der Waals surface area contributed by atoms with Gasteiger partial charge >= 0.3 is 0 Å². The normalized spacial score (nSPS) is 17.2. The van der Waals surface area contributed by atoms with Crippen LogP contribution in [0.25, 0.3) is 11.4 Å². The van der Waals surface area contributed by atoms with Gasteiger partial charge in [0.15, 0.2) is 0 Å². The Hall–Kier alpha value is -2.70. The zero-order chi connectivity index (χ0) is 14.9. The number of hydrogen-bond acceptors (Lipinski definition) is 6. The molecule has 112 valence electrons. The molecule has 22 heavy (non-hydrogen) atoms. The minimum atomic E-state index is 0.247. The van der Waals surface area contributed by atoms with Gasteiger partial charge in [-0.25, -0.2) is 9.97 Å². The van der Waals surface area contributed by atoms with E-state index in [1.807, 2.05) is 18.6 Å². The lowest BCUT2D eigenvalue weighted by molar-refractivity contribution is 0.325. The van der Waals surface area contributed by atoms with Crippen molar-refractivity contribution in [1.82, 2.24) is 24.7 Å². The number of ether oxygens (including phenoxy) is 1. The molecule has 7 heteroatoms. The third-order valence-electron chi connectivity index (χ3n) is 3.97. The first-order valence-corrected chi connectivity index (χ1v) is 7.16. The summed E-state index contributed by atoms with van der Waals surface area (Å²) >= 11 is 0. The number of methoxy groups -OCH3 is 1. The highest BCUT2D eigenvalue weighted by molar-refractivity contribution is 5.53. The summed E-state index contributed by atoms with van der Waals surface area (Å²) in [6.07, 6.45) is 7.31. The van der Waals surface area contributed by atoms with Crippen LogP contribution < -0.4 is 4.74 Å². The highest BCUT2D eigenvalue weighted by atomic mass is 16.5. The summed E-state index contributed by atoms with van der Waals surface area (Å²) in [7, 11) is 1.59. The van der Waals surface area contributed by atoms with Crippen LogP contribution in [0.4, 0.5) is 0 Å². The molecule has 1 unspecified atom stereocenters. The minimum absolute atomic E-state index is 0.247. The number of rotatable bonds is 3. The fourth-order valence-corrected chi connectivity index (χ4v) is 2.73. The summed E-state index contributed by atoms with van der Waals surface area (Å²) in [4.78, 5) is 12.9. The maximum atomic E-state index is 5.46. The van der Waals surface area contributed by atoms with E-state index in [2.05, 4.69) is 24.7 Å². The molecule has 0 saturated carbocycles. The van der Waals surface area contributed by atoms with Crippen LogP contribution in [0, 0.1) is 0 Å². The maximum Gasteiger partial charge on any atom is 0.230 e. The van der Waals surface area contributed by atoms with Crippen molar-refractivity contribution in [2.75, 3.05) is 7.11 Å². The molecule has 1 atom stereocenters. The topological polar surface area (TPSA) is 78.9 Å². The Morgan fingerprint density at radius 3 is 3.09 bits per heavy atom. The fraction of sp³-hybridized carbons (Fsp3) is 0.333. The second-order valence-corrected chi connectivity index (χ2v) is 5.31. The van der Waals surface area contributed by atoms with E-state index in [4.69, 9.17) is 9.26 Å². The van der Waals surface area contributed by atoms with Gasteiger partial charge in [-0.05, 0) is 12.5 Å². The summed E-state index contributed by atoms with van der Waals surface area (Å²) < 4.78 is 12.7. The largest absolute Gasteiger partial charge is 0.481 e. The Morgan fingerprint density at radius 2 is 2.27 bits per heavy atom. The van der Waals surface area contributed by atoms with Gasteiger partial charge in [0.1, 0.15) is 0 Å². The van der Waals surface area contributed by atoms with Crippen LogP contribution in [0.5, 0.6) is 5.88 Å². The smallest absolute Gasteiger partial charge is 0.230 e. The molecule has 0 aliphatic carbocycles. The van der Waals surface area contributed by atoms with E-state index in [1.54, 1.807) is 19.4 Å². The summed E-state index contributed by atoms with van der Waals surface area (Å²) in [6.45, 7) is 0.932. The van der Waals surface area contributed by atoms with E-state index in [0.29, 0.717) is 17.6 Å². The first-order valence-electron chi connectivity index (χ1n) is 7.16. The molecule has 0 spiro atoms. The molecule has 4 rings (SSSR count). The lowest BCUT2D eigenvalue weighted by atomic mass is 9.96. The second kappa shape index (κ2) is 5.25. The van der Waals surface area contributed by atoms with Gasteiger partial charge in [-0.2, -0.15) is 4.98 Å². The molecule has 0 amide bonds. The van der Waals surface area contributed by atoms with Gasteiger partial charge in [-0.1, -0.05) is 5.16 Å². The highest BCUT2D eigenvalue weighted by Crippen LogP contribution is 2.29. The monoisotopic (exact) mass is 297 g/mol. The van der Waals surface area contributed by atoms with Crippen molar-refractivity contribution in [3.8, 4) is 17.3 Å². The number of aromatic nitrogens is 5. The molecule has 0 bridgehead atoms. The van der Waals surface area contributed by atoms with Crippen molar-refractivity contribution in [2.24, 2.45) is 0 Å². The molecule has 3 aromatic rings. The van der Waals surface area contributed by atoms with E-state index in [0.717, 1.165) is 24.9 Å². The summed E-state index contributed by atoms with van der Waals surface area (Å²) in [5.41, 5.74) is 2.03. The lowest BCUT2D eigenvalue weighted by Crippen LogP contribution is -2.17. The Balaban J connectivity index is 1.56. The fourth-order valence-electron chi connectivity index (χ4n) is 2.73. The lowest BCUT2D eigenvalue weighted by Gasteiger charge is -2.20. The molecular formula is C15H15N5O2. The average Bonchev–Trinajstić information content (AvgIpc) is 3.23. The van der Waals surface area contributed by atoms with Crippen LogP contribution in [0.15, 0.2) is 35.4 Å². The zero-order valence-corrected chi connectivity index (χ0v) is 12.1. The van der Waals surface area contributed by atoms with Gasteiger partial charge in [0.25, 0.3) is 0 Å². The number of fused-ring (bicyclic) bond motifs is 1. The van der Waals surface area contributed by atoms with Gasteiger partial charge in [0, 0.05) is 48.6 Å². The molecule has 1 aliphatic rings. The maximum absolute atomic E-state index is 5.46. The third-order valence-corrected chi connectivity index (χ3v) is 3.97. The predicted molar refractivity (Wildman–Crippen MR) is 77.4 cm³/mol. The van der Waals surface area contributed by atoms with Gasteiger partial charge in [-0.15, -0.1) is 0 Å². The quantitative estimate of drug-likeness (QED) is 0.736. The van der Waals surface area contributed by atoms with Crippen LogP contribution in [-0.2, 0) is 13.0 Å². The van der Waals surface area contributed by atoms with Gasteiger partial charge in [-0.3, -0.25) is 0 Å². The predicted octanol–water partition coefficient (Wildman–Crippen LogP) is 2.07. The Morgan fingerprint density at radius 1 is 1.32 bits per heavy atom.